The van der Waals surface area contributed by atoms with Gasteiger partial charge in [-0.1, -0.05) is 19.0 Å². The van der Waals surface area contributed by atoms with Crippen molar-refractivity contribution in [3.8, 4) is 0 Å². The summed E-state index contributed by atoms with van der Waals surface area (Å²) in [5.41, 5.74) is 0.678. The number of hydrogen-bond acceptors (Lipinski definition) is 4. The van der Waals surface area contributed by atoms with Gasteiger partial charge in [0, 0.05) is 25.7 Å². The van der Waals surface area contributed by atoms with Crippen LogP contribution in [0.2, 0.25) is 0 Å². The van der Waals surface area contributed by atoms with E-state index in [1.165, 1.54) is 0 Å². The zero-order valence-electron chi connectivity index (χ0n) is 15.2. The molecule has 1 amide bonds. The summed E-state index contributed by atoms with van der Waals surface area (Å²) < 4.78 is 5.28. The number of nitrogens with zero attached hydrogens (tertiary/aromatic N) is 3. The first-order chi connectivity index (χ1) is 10.6. The van der Waals surface area contributed by atoms with E-state index in [0.717, 1.165) is 11.5 Å². The van der Waals surface area contributed by atoms with Crippen LogP contribution in [-0.4, -0.2) is 48.1 Å². The lowest BCUT2D eigenvalue weighted by molar-refractivity contribution is -0.122. The smallest absolute Gasteiger partial charge is 0.240 e. The monoisotopic (exact) mass is 323 g/mol. The van der Waals surface area contributed by atoms with E-state index >= 15 is 0 Å². The lowest BCUT2D eigenvalue weighted by Crippen LogP contribution is -2.48. The Morgan fingerprint density at radius 3 is 2.57 bits per heavy atom. The van der Waals surface area contributed by atoms with E-state index < -0.39 is 0 Å². The van der Waals surface area contributed by atoms with E-state index in [1.54, 1.807) is 11.9 Å². The molecule has 0 unspecified atom stereocenters. The molecular weight excluding hydrogens is 294 g/mol. The number of amides is 1. The van der Waals surface area contributed by atoms with E-state index in [2.05, 4.69) is 34.6 Å². The molecule has 0 aliphatic rings. The highest BCUT2D eigenvalue weighted by molar-refractivity contribution is 5.86. The predicted molar refractivity (Wildman–Crippen MR) is 91.3 cm³/mol. The van der Waals surface area contributed by atoms with E-state index in [-0.39, 0.29) is 18.0 Å². The molecule has 1 heterocycles. The molecule has 0 fully saturated rings. The van der Waals surface area contributed by atoms with Crippen LogP contribution >= 0.6 is 0 Å². The minimum absolute atomic E-state index is 0.0512. The van der Waals surface area contributed by atoms with E-state index in [0.29, 0.717) is 18.4 Å². The van der Waals surface area contributed by atoms with Crippen molar-refractivity contribution in [2.75, 3.05) is 20.6 Å². The summed E-state index contributed by atoms with van der Waals surface area (Å²) >= 11 is 0. The highest BCUT2D eigenvalue weighted by Crippen LogP contribution is 2.13. The summed E-state index contributed by atoms with van der Waals surface area (Å²) in [5, 5.41) is 10.1. The maximum absolute atomic E-state index is 12.0. The number of aromatic nitrogens is 1. The maximum atomic E-state index is 12.0. The maximum Gasteiger partial charge on any atom is 0.240 e. The molecular formula is C16H29N5O2. The van der Waals surface area contributed by atoms with Crippen molar-refractivity contribution < 1.29 is 9.32 Å². The topological polar surface area (TPSA) is 82.8 Å². The second-order valence-corrected chi connectivity index (χ2v) is 6.93. The number of hydrogen-bond donors (Lipinski definition) is 2. The van der Waals surface area contributed by atoms with Gasteiger partial charge in [0.15, 0.2) is 11.7 Å². The fraction of sp³-hybridized carbons (Fsp3) is 0.688. The highest BCUT2D eigenvalue weighted by atomic mass is 16.5. The molecule has 0 saturated carbocycles. The van der Waals surface area contributed by atoms with Gasteiger partial charge in [-0.05, 0) is 26.7 Å². The van der Waals surface area contributed by atoms with E-state index in [4.69, 9.17) is 4.52 Å². The molecule has 0 aromatic carbocycles. The Labute approximate surface area is 138 Å². The van der Waals surface area contributed by atoms with Crippen LogP contribution in [0.5, 0.6) is 0 Å². The molecule has 7 nitrogen and oxygen atoms in total. The standard InChI is InChI=1S/C16H29N5O2/c1-11(2)13-8-12(23-20-13)9-18-15(17-6)21(7)10-14(22)19-16(3,4)5/h8,11H,9-10H2,1-7H3,(H,17,18)(H,19,22). The summed E-state index contributed by atoms with van der Waals surface area (Å²) in [5.74, 6) is 1.64. The quantitative estimate of drug-likeness (QED) is 0.637. The molecule has 0 spiro atoms. The van der Waals surface area contributed by atoms with E-state index in [9.17, 15) is 4.79 Å². The third kappa shape index (κ3) is 6.71. The van der Waals surface area contributed by atoms with Crippen molar-refractivity contribution in [3.05, 3.63) is 17.5 Å². The number of carbonyl (C=O) groups excluding carboxylic acids is 1. The summed E-state index contributed by atoms with van der Waals surface area (Å²) in [6, 6.07) is 1.93. The third-order valence-electron chi connectivity index (χ3n) is 3.06. The molecule has 0 saturated heterocycles. The van der Waals surface area contributed by atoms with Crippen LogP contribution in [0.4, 0.5) is 0 Å². The average molecular weight is 323 g/mol. The molecule has 2 N–H and O–H groups in total. The van der Waals surface area contributed by atoms with Crippen LogP contribution in [-0.2, 0) is 11.3 Å². The van der Waals surface area contributed by atoms with Gasteiger partial charge in [-0.15, -0.1) is 0 Å². The summed E-state index contributed by atoms with van der Waals surface area (Å²) in [4.78, 5) is 17.9. The Hall–Kier alpha value is -2.05. The number of aliphatic imine (C=N–C) groups is 1. The zero-order valence-corrected chi connectivity index (χ0v) is 15.2. The van der Waals surface area contributed by atoms with E-state index in [1.807, 2.05) is 33.9 Å². The molecule has 0 aliphatic carbocycles. The Morgan fingerprint density at radius 1 is 1.43 bits per heavy atom. The summed E-state index contributed by atoms with van der Waals surface area (Å²) in [6.45, 7) is 10.7. The predicted octanol–water partition coefficient (Wildman–Crippen LogP) is 1.72. The molecule has 23 heavy (non-hydrogen) atoms. The van der Waals surface area contributed by atoms with Crippen molar-refractivity contribution in [1.29, 1.82) is 0 Å². The van der Waals surface area contributed by atoms with Gasteiger partial charge >= 0.3 is 0 Å². The molecule has 1 aromatic heterocycles. The van der Waals surface area contributed by atoms with Gasteiger partial charge in [0.25, 0.3) is 0 Å². The van der Waals surface area contributed by atoms with Crippen molar-refractivity contribution >= 4 is 11.9 Å². The van der Waals surface area contributed by atoms with Crippen molar-refractivity contribution in [2.45, 2.75) is 52.6 Å². The van der Waals surface area contributed by atoms with Gasteiger partial charge in [-0.2, -0.15) is 0 Å². The van der Waals surface area contributed by atoms with Gasteiger partial charge in [0.1, 0.15) is 0 Å². The number of nitrogens with one attached hydrogen (secondary N) is 2. The fourth-order valence-electron chi connectivity index (χ4n) is 1.98. The molecule has 0 radical (unpaired) electrons. The lowest BCUT2D eigenvalue weighted by atomic mass is 10.1. The zero-order chi connectivity index (χ0) is 17.6. The largest absolute Gasteiger partial charge is 0.359 e. The lowest BCUT2D eigenvalue weighted by Gasteiger charge is -2.25. The van der Waals surface area contributed by atoms with Crippen LogP contribution in [0.3, 0.4) is 0 Å². The Bertz CT molecular complexity index is 543. The Balaban J connectivity index is 2.54. The van der Waals surface area contributed by atoms with Crippen molar-refractivity contribution in [1.82, 2.24) is 20.7 Å². The molecule has 1 aromatic rings. The summed E-state index contributed by atoms with van der Waals surface area (Å²) in [7, 11) is 3.50. The van der Waals surface area contributed by atoms with Crippen LogP contribution in [0.1, 0.15) is 52.0 Å². The molecule has 7 heteroatoms. The molecule has 0 atom stereocenters. The minimum atomic E-state index is -0.248. The Morgan fingerprint density at radius 2 is 2.09 bits per heavy atom. The van der Waals surface area contributed by atoms with Crippen LogP contribution in [0.15, 0.2) is 15.6 Å². The highest BCUT2D eigenvalue weighted by Gasteiger charge is 2.17. The van der Waals surface area contributed by atoms with Gasteiger partial charge in [-0.25, -0.2) is 0 Å². The average Bonchev–Trinajstić information content (AvgIpc) is 2.86. The first-order valence-electron chi connectivity index (χ1n) is 7.80. The van der Waals surface area contributed by atoms with Gasteiger partial charge < -0.3 is 20.1 Å². The van der Waals surface area contributed by atoms with Crippen LogP contribution in [0, 0.1) is 0 Å². The first kappa shape index (κ1) is 19.0. The van der Waals surface area contributed by atoms with Gasteiger partial charge in [-0.3, -0.25) is 9.79 Å². The SMILES string of the molecule is CN=C(NCc1cc(C(C)C)no1)N(C)CC(=O)NC(C)(C)C. The van der Waals surface area contributed by atoms with Crippen molar-refractivity contribution in [3.63, 3.8) is 0 Å². The molecule has 0 aliphatic heterocycles. The Kier molecular flexibility index (Phi) is 6.60. The minimum Gasteiger partial charge on any atom is -0.359 e. The first-order valence-corrected chi connectivity index (χ1v) is 7.80. The number of carbonyl (C=O) groups is 1. The third-order valence-corrected chi connectivity index (χ3v) is 3.06. The second kappa shape index (κ2) is 7.99. The number of rotatable bonds is 5. The number of likely N-dealkylation sites (N-methyl/N-ethyl adjacent to an activating group) is 1. The van der Waals surface area contributed by atoms with Gasteiger partial charge in [0.2, 0.25) is 5.91 Å². The molecule has 1 rings (SSSR count). The fourth-order valence-corrected chi connectivity index (χ4v) is 1.98. The van der Waals surface area contributed by atoms with Gasteiger partial charge in [0.05, 0.1) is 18.8 Å². The number of guanidine groups is 1. The van der Waals surface area contributed by atoms with Crippen molar-refractivity contribution in [2.24, 2.45) is 4.99 Å². The van der Waals surface area contributed by atoms with Crippen LogP contribution in [0.25, 0.3) is 0 Å². The second-order valence-electron chi connectivity index (χ2n) is 6.93. The normalized spacial score (nSPS) is 12.4. The van der Waals surface area contributed by atoms with Crippen LogP contribution < -0.4 is 10.6 Å². The molecule has 130 valence electrons. The summed E-state index contributed by atoms with van der Waals surface area (Å²) in [6.07, 6.45) is 0. The molecule has 0 bridgehead atoms.